The van der Waals surface area contributed by atoms with Crippen LogP contribution in [0.3, 0.4) is 0 Å². The lowest BCUT2D eigenvalue weighted by Gasteiger charge is -2.24. The molecule has 5 nitrogen and oxygen atoms in total. The number of Topliss-reactive ketones (excluding diaryl/α,β-unsaturated/α-hetero) is 1. The molecule has 1 aromatic carbocycles. The zero-order valence-corrected chi connectivity index (χ0v) is 12.6. The number of ketones is 1. The van der Waals surface area contributed by atoms with Crippen LogP contribution < -0.4 is 5.73 Å². The van der Waals surface area contributed by atoms with Crippen LogP contribution in [0.4, 0.5) is 0 Å². The van der Waals surface area contributed by atoms with Crippen LogP contribution in [0.5, 0.6) is 0 Å². The van der Waals surface area contributed by atoms with E-state index in [0.717, 1.165) is 0 Å². The molecule has 1 unspecified atom stereocenters. The summed E-state index contributed by atoms with van der Waals surface area (Å²) in [5.74, 6) is -0.656. The molecule has 0 aromatic heterocycles. The van der Waals surface area contributed by atoms with E-state index >= 15 is 0 Å². The molecule has 0 radical (unpaired) electrons. The number of hydrogen-bond acceptors (Lipinski definition) is 4. The van der Waals surface area contributed by atoms with Gasteiger partial charge in [0, 0.05) is 12.5 Å². The number of benzene rings is 1. The number of rotatable bonds is 5. The molecule has 1 aliphatic heterocycles. The minimum atomic E-state index is -0.887. The molecule has 5 heteroatoms. The molecule has 0 saturated heterocycles. The second-order valence-electron chi connectivity index (χ2n) is 6.06. The van der Waals surface area contributed by atoms with Gasteiger partial charge in [0.2, 0.25) is 0 Å². The summed E-state index contributed by atoms with van der Waals surface area (Å²) >= 11 is 0. The van der Waals surface area contributed by atoms with Gasteiger partial charge in [0.1, 0.15) is 0 Å². The minimum absolute atomic E-state index is 0.0778. The second kappa shape index (κ2) is 5.41. The third kappa shape index (κ3) is 2.88. The molecule has 21 heavy (non-hydrogen) atoms. The fourth-order valence-corrected chi connectivity index (χ4v) is 2.40. The smallest absolute Gasteiger partial charge is 0.261 e. The predicted molar refractivity (Wildman–Crippen MR) is 78.9 cm³/mol. The molecule has 2 rings (SSSR count). The number of nitrogens with zero attached hydrogens (tertiary/aromatic N) is 1. The lowest BCUT2D eigenvalue weighted by atomic mass is 9.95. The molecule has 1 aromatic rings. The molecule has 0 bridgehead atoms. The van der Waals surface area contributed by atoms with Crippen LogP contribution in [0, 0.1) is 0 Å². The highest BCUT2D eigenvalue weighted by Gasteiger charge is 2.38. The fraction of sp³-hybridized carbons (Fsp3) is 0.438. The van der Waals surface area contributed by atoms with Crippen LogP contribution in [-0.4, -0.2) is 34.1 Å². The van der Waals surface area contributed by atoms with E-state index in [4.69, 9.17) is 5.73 Å². The van der Waals surface area contributed by atoms with Gasteiger partial charge in [0.05, 0.1) is 16.7 Å². The number of carbonyl (C=O) groups is 3. The van der Waals surface area contributed by atoms with E-state index in [-0.39, 0.29) is 30.1 Å². The molecule has 2 amide bonds. The largest absolute Gasteiger partial charge is 0.319 e. The van der Waals surface area contributed by atoms with Gasteiger partial charge in [-0.3, -0.25) is 19.3 Å². The molecular formula is C16H20N2O3. The molecule has 1 atom stereocenters. The SMILES string of the molecule is CC(CCC(=O)C(C)(C)N)N1C(=O)c2ccccc2C1=O. The van der Waals surface area contributed by atoms with Gasteiger partial charge in [-0.1, -0.05) is 12.1 Å². The van der Waals surface area contributed by atoms with Crippen molar-refractivity contribution in [2.75, 3.05) is 0 Å². The quantitative estimate of drug-likeness (QED) is 0.837. The van der Waals surface area contributed by atoms with E-state index in [1.807, 2.05) is 0 Å². The van der Waals surface area contributed by atoms with Crippen molar-refractivity contribution in [1.82, 2.24) is 4.90 Å². The number of imide groups is 1. The Kier molecular flexibility index (Phi) is 3.96. The first-order chi connectivity index (χ1) is 9.73. The van der Waals surface area contributed by atoms with E-state index in [9.17, 15) is 14.4 Å². The second-order valence-corrected chi connectivity index (χ2v) is 6.06. The number of nitrogens with two attached hydrogens (primary N) is 1. The summed E-state index contributed by atoms with van der Waals surface area (Å²) in [7, 11) is 0. The topological polar surface area (TPSA) is 80.5 Å². The average molecular weight is 288 g/mol. The van der Waals surface area contributed by atoms with E-state index in [2.05, 4.69) is 0 Å². The highest BCUT2D eigenvalue weighted by atomic mass is 16.2. The van der Waals surface area contributed by atoms with Crippen LogP contribution in [0.1, 0.15) is 54.3 Å². The Labute approximate surface area is 124 Å². The lowest BCUT2D eigenvalue weighted by Crippen LogP contribution is -2.43. The van der Waals surface area contributed by atoms with Crippen molar-refractivity contribution in [3.05, 3.63) is 35.4 Å². The maximum atomic E-state index is 12.3. The summed E-state index contributed by atoms with van der Waals surface area (Å²) in [4.78, 5) is 37.7. The van der Waals surface area contributed by atoms with Crippen molar-refractivity contribution >= 4 is 17.6 Å². The van der Waals surface area contributed by atoms with Crippen LogP contribution in [0.25, 0.3) is 0 Å². The number of hydrogen-bond donors (Lipinski definition) is 1. The Morgan fingerprint density at radius 3 is 2.10 bits per heavy atom. The molecule has 1 aliphatic rings. The minimum Gasteiger partial charge on any atom is -0.319 e. The van der Waals surface area contributed by atoms with Crippen molar-refractivity contribution in [2.45, 2.75) is 45.2 Å². The summed E-state index contributed by atoms with van der Waals surface area (Å²) in [6, 6.07) is 6.44. The van der Waals surface area contributed by atoms with E-state index < -0.39 is 5.54 Å². The Bertz CT molecular complexity index is 567. The number of fused-ring (bicyclic) bond motifs is 1. The number of amides is 2. The van der Waals surface area contributed by atoms with Crippen molar-refractivity contribution < 1.29 is 14.4 Å². The van der Waals surface area contributed by atoms with Crippen LogP contribution in [0.15, 0.2) is 24.3 Å². The fourth-order valence-electron chi connectivity index (χ4n) is 2.40. The summed E-state index contributed by atoms with van der Waals surface area (Å²) in [6.07, 6.45) is 0.670. The Balaban J connectivity index is 2.09. The first-order valence-corrected chi connectivity index (χ1v) is 7.02. The predicted octanol–water partition coefficient (Wildman–Crippen LogP) is 1.76. The van der Waals surface area contributed by atoms with Gasteiger partial charge in [0.25, 0.3) is 11.8 Å². The maximum Gasteiger partial charge on any atom is 0.261 e. The third-order valence-electron chi connectivity index (χ3n) is 3.77. The average Bonchev–Trinajstić information content (AvgIpc) is 2.67. The molecule has 0 spiro atoms. The molecule has 0 fully saturated rings. The summed E-state index contributed by atoms with van der Waals surface area (Å²) < 4.78 is 0. The van der Waals surface area contributed by atoms with Crippen LogP contribution in [-0.2, 0) is 4.79 Å². The van der Waals surface area contributed by atoms with Gasteiger partial charge in [-0.05, 0) is 39.3 Å². The Morgan fingerprint density at radius 2 is 1.67 bits per heavy atom. The standard InChI is InChI=1S/C16H20N2O3/c1-10(8-9-13(19)16(2,3)17)18-14(20)11-6-4-5-7-12(11)15(18)21/h4-7,10H,8-9,17H2,1-3H3. The first kappa shape index (κ1) is 15.4. The van der Waals surface area contributed by atoms with Crippen LogP contribution >= 0.6 is 0 Å². The van der Waals surface area contributed by atoms with Gasteiger partial charge in [-0.25, -0.2) is 0 Å². The molecular weight excluding hydrogens is 268 g/mol. The molecule has 1 heterocycles. The maximum absolute atomic E-state index is 12.3. The molecule has 0 saturated carbocycles. The van der Waals surface area contributed by atoms with Crippen molar-refractivity contribution in [1.29, 1.82) is 0 Å². The van der Waals surface area contributed by atoms with E-state index in [1.165, 1.54) is 4.90 Å². The first-order valence-electron chi connectivity index (χ1n) is 7.02. The summed E-state index contributed by atoms with van der Waals surface area (Å²) in [6.45, 7) is 5.09. The number of carbonyl (C=O) groups excluding carboxylic acids is 3. The zero-order chi connectivity index (χ0) is 15.8. The van der Waals surface area contributed by atoms with Gasteiger partial charge in [-0.15, -0.1) is 0 Å². The molecule has 0 aliphatic carbocycles. The van der Waals surface area contributed by atoms with E-state index in [0.29, 0.717) is 17.5 Å². The highest BCUT2D eigenvalue weighted by molar-refractivity contribution is 6.21. The van der Waals surface area contributed by atoms with Gasteiger partial charge in [-0.2, -0.15) is 0 Å². The Hall–Kier alpha value is -2.01. The monoisotopic (exact) mass is 288 g/mol. The normalized spacial score (nSPS) is 16.1. The van der Waals surface area contributed by atoms with Gasteiger partial charge >= 0.3 is 0 Å². The van der Waals surface area contributed by atoms with Crippen molar-refractivity contribution in [3.8, 4) is 0 Å². The summed E-state index contributed by atoms with van der Waals surface area (Å²) in [5.41, 5.74) is 5.72. The highest BCUT2D eigenvalue weighted by Crippen LogP contribution is 2.26. The van der Waals surface area contributed by atoms with Gasteiger partial charge < -0.3 is 5.73 Å². The summed E-state index contributed by atoms with van der Waals surface area (Å²) in [5, 5.41) is 0. The Morgan fingerprint density at radius 1 is 1.19 bits per heavy atom. The lowest BCUT2D eigenvalue weighted by molar-refractivity contribution is -0.123. The van der Waals surface area contributed by atoms with Crippen molar-refractivity contribution in [2.24, 2.45) is 5.73 Å². The third-order valence-corrected chi connectivity index (χ3v) is 3.77. The van der Waals surface area contributed by atoms with Crippen LogP contribution in [0.2, 0.25) is 0 Å². The van der Waals surface area contributed by atoms with Gasteiger partial charge in [0.15, 0.2) is 5.78 Å². The van der Waals surface area contributed by atoms with Crippen molar-refractivity contribution in [3.63, 3.8) is 0 Å². The zero-order valence-electron chi connectivity index (χ0n) is 12.6. The molecule has 112 valence electrons. The molecule has 2 N–H and O–H groups in total. The van der Waals surface area contributed by atoms with E-state index in [1.54, 1.807) is 45.0 Å².